The minimum absolute atomic E-state index is 0.182. The minimum atomic E-state index is -0.711. The van der Waals surface area contributed by atoms with Crippen molar-refractivity contribution in [3.63, 3.8) is 0 Å². The number of hydrogen-bond donors (Lipinski definition) is 1. The van der Waals surface area contributed by atoms with E-state index in [-0.39, 0.29) is 12.0 Å². The first kappa shape index (κ1) is 26.2. The van der Waals surface area contributed by atoms with Crippen LogP contribution in [-0.4, -0.2) is 23.8 Å². The van der Waals surface area contributed by atoms with Crippen molar-refractivity contribution in [3.05, 3.63) is 12.2 Å². The van der Waals surface area contributed by atoms with Crippen molar-refractivity contribution in [2.75, 3.05) is 6.61 Å². The van der Waals surface area contributed by atoms with Crippen LogP contribution in [0.1, 0.15) is 117 Å². The highest BCUT2D eigenvalue weighted by atomic mass is 16.5. The van der Waals surface area contributed by atoms with E-state index in [0.717, 1.165) is 38.5 Å². The lowest BCUT2D eigenvalue weighted by Crippen LogP contribution is -2.28. The SMILES string of the molecule is CCCCCCCCC=CCCCCCCC(C(=O)O)C(C)OCCCC. The molecule has 0 aromatic heterocycles. The topological polar surface area (TPSA) is 46.5 Å². The predicted molar refractivity (Wildman–Crippen MR) is 116 cm³/mol. The zero-order valence-electron chi connectivity index (χ0n) is 18.4. The molecular weight excluding hydrogens is 336 g/mol. The molecule has 0 amide bonds. The third kappa shape index (κ3) is 17.0. The first-order valence-electron chi connectivity index (χ1n) is 11.6. The van der Waals surface area contributed by atoms with Crippen molar-refractivity contribution in [3.8, 4) is 0 Å². The van der Waals surface area contributed by atoms with Crippen LogP contribution >= 0.6 is 0 Å². The summed E-state index contributed by atoms with van der Waals surface area (Å²) in [5.41, 5.74) is 0. The molecule has 27 heavy (non-hydrogen) atoms. The Morgan fingerprint density at radius 3 is 1.89 bits per heavy atom. The van der Waals surface area contributed by atoms with Gasteiger partial charge in [0, 0.05) is 6.61 Å². The van der Waals surface area contributed by atoms with Crippen molar-refractivity contribution in [2.45, 2.75) is 123 Å². The van der Waals surface area contributed by atoms with Gasteiger partial charge >= 0.3 is 5.97 Å². The lowest BCUT2D eigenvalue weighted by atomic mass is 9.96. The summed E-state index contributed by atoms with van der Waals surface area (Å²) in [5.74, 6) is -1.07. The van der Waals surface area contributed by atoms with Crippen molar-refractivity contribution >= 4 is 5.97 Å². The van der Waals surface area contributed by atoms with Gasteiger partial charge in [0.1, 0.15) is 0 Å². The number of rotatable bonds is 20. The number of unbranched alkanes of at least 4 members (excludes halogenated alkanes) is 11. The van der Waals surface area contributed by atoms with E-state index in [0.29, 0.717) is 6.61 Å². The van der Waals surface area contributed by atoms with Gasteiger partial charge < -0.3 is 9.84 Å². The molecular formula is C24H46O3. The maximum Gasteiger partial charge on any atom is 0.309 e. The van der Waals surface area contributed by atoms with Crippen LogP contribution < -0.4 is 0 Å². The fourth-order valence-electron chi connectivity index (χ4n) is 3.35. The molecule has 0 heterocycles. The van der Waals surface area contributed by atoms with Crippen molar-refractivity contribution in [2.24, 2.45) is 5.92 Å². The Labute approximate surface area is 169 Å². The second-order valence-electron chi connectivity index (χ2n) is 7.89. The van der Waals surface area contributed by atoms with Gasteiger partial charge in [-0.3, -0.25) is 4.79 Å². The van der Waals surface area contributed by atoms with Gasteiger partial charge in [-0.2, -0.15) is 0 Å². The fourth-order valence-corrected chi connectivity index (χ4v) is 3.35. The second kappa shape index (κ2) is 19.9. The van der Waals surface area contributed by atoms with E-state index in [1.807, 2.05) is 6.92 Å². The Kier molecular flexibility index (Phi) is 19.3. The normalized spacial score (nSPS) is 13.9. The summed E-state index contributed by atoms with van der Waals surface area (Å²) in [4.78, 5) is 11.4. The van der Waals surface area contributed by atoms with E-state index in [1.165, 1.54) is 57.8 Å². The fraction of sp³-hybridized carbons (Fsp3) is 0.875. The quantitative estimate of drug-likeness (QED) is 0.175. The molecule has 3 heteroatoms. The van der Waals surface area contributed by atoms with Crippen molar-refractivity contribution in [1.82, 2.24) is 0 Å². The molecule has 0 aromatic carbocycles. The first-order valence-corrected chi connectivity index (χ1v) is 11.6. The number of aliphatic carboxylic acids is 1. The zero-order chi connectivity index (χ0) is 20.2. The van der Waals surface area contributed by atoms with Gasteiger partial charge in [0.05, 0.1) is 12.0 Å². The van der Waals surface area contributed by atoms with Crippen molar-refractivity contribution < 1.29 is 14.6 Å². The largest absolute Gasteiger partial charge is 0.481 e. The van der Waals surface area contributed by atoms with Crippen LogP contribution in [0.2, 0.25) is 0 Å². The number of allylic oxidation sites excluding steroid dienone is 2. The van der Waals surface area contributed by atoms with Crippen LogP contribution in [0.15, 0.2) is 12.2 Å². The van der Waals surface area contributed by atoms with E-state index in [9.17, 15) is 9.90 Å². The zero-order valence-corrected chi connectivity index (χ0v) is 18.4. The summed E-state index contributed by atoms with van der Waals surface area (Å²) in [6, 6.07) is 0. The molecule has 160 valence electrons. The van der Waals surface area contributed by atoms with Crippen LogP contribution in [0.3, 0.4) is 0 Å². The van der Waals surface area contributed by atoms with E-state index < -0.39 is 5.97 Å². The van der Waals surface area contributed by atoms with Gasteiger partial charge in [-0.15, -0.1) is 0 Å². The molecule has 0 radical (unpaired) electrons. The highest BCUT2D eigenvalue weighted by Crippen LogP contribution is 2.18. The Balaban J connectivity index is 3.59. The van der Waals surface area contributed by atoms with Crippen LogP contribution in [0.25, 0.3) is 0 Å². The molecule has 0 aliphatic carbocycles. The molecule has 2 atom stereocenters. The number of ether oxygens (including phenoxy) is 1. The van der Waals surface area contributed by atoms with E-state index in [2.05, 4.69) is 26.0 Å². The summed E-state index contributed by atoms with van der Waals surface area (Å²) in [6.45, 7) is 6.96. The summed E-state index contributed by atoms with van der Waals surface area (Å²) < 4.78 is 5.69. The number of carbonyl (C=O) groups is 1. The molecule has 3 nitrogen and oxygen atoms in total. The van der Waals surface area contributed by atoms with Crippen molar-refractivity contribution in [1.29, 1.82) is 0 Å². The van der Waals surface area contributed by atoms with Crippen LogP contribution in [-0.2, 0) is 9.53 Å². The molecule has 2 unspecified atom stereocenters. The summed E-state index contributed by atoms with van der Waals surface area (Å²) in [5, 5.41) is 9.41. The Morgan fingerprint density at radius 1 is 0.815 bits per heavy atom. The lowest BCUT2D eigenvalue weighted by molar-refractivity contribution is -0.147. The Morgan fingerprint density at radius 2 is 1.33 bits per heavy atom. The average molecular weight is 383 g/mol. The van der Waals surface area contributed by atoms with Gasteiger partial charge in [-0.05, 0) is 45.4 Å². The molecule has 0 rings (SSSR count). The summed E-state index contributed by atoms with van der Waals surface area (Å²) in [6.07, 6.45) is 22.4. The van der Waals surface area contributed by atoms with Gasteiger partial charge in [-0.25, -0.2) is 0 Å². The second-order valence-corrected chi connectivity index (χ2v) is 7.89. The highest BCUT2D eigenvalue weighted by Gasteiger charge is 2.24. The number of carboxylic acid groups (broad SMARTS) is 1. The Bertz CT molecular complexity index is 352. The molecule has 0 aromatic rings. The average Bonchev–Trinajstić information content (AvgIpc) is 2.64. The molecule has 1 N–H and O–H groups in total. The Hall–Kier alpha value is -0.830. The molecule has 0 saturated heterocycles. The van der Waals surface area contributed by atoms with E-state index in [4.69, 9.17) is 4.74 Å². The van der Waals surface area contributed by atoms with Gasteiger partial charge in [-0.1, -0.05) is 83.8 Å². The van der Waals surface area contributed by atoms with Crippen LogP contribution in [0.5, 0.6) is 0 Å². The van der Waals surface area contributed by atoms with E-state index in [1.54, 1.807) is 0 Å². The first-order chi connectivity index (χ1) is 13.1. The summed E-state index contributed by atoms with van der Waals surface area (Å²) >= 11 is 0. The third-order valence-electron chi connectivity index (χ3n) is 5.29. The van der Waals surface area contributed by atoms with Gasteiger partial charge in [0.15, 0.2) is 0 Å². The molecule has 0 spiro atoms. The molecule has 0 fully saturated rings. The standard InChI is InChI=1S/C24H46O3/c1-4-6-8-9-10-11-12-13-14-15-16-17-18-19-20-23(24(25)26)22(3)27-21-7-5-2/h13-14,22-23H,4-12,15-21H2,1-3H3,(H,25,26). The smallest absolute Gasteiger partial charge is 0.309 e. The van der Waals surface area contributed by atoms with Crippen LogP contribution in [0.4, 0.5) is 0 Å². The maximum atomic E-state index is 11.4. The molecule has 0 bridgehead atoms. The number of hydrogen-bond acceptors (Lipinski definition) is 2. The third-order valence-corrected chi connectivity index (χ3v) is 5.29. The maximum absolute atomic E-state index is 11.4. The van der Waals surface area contributed by atoms with Crippen LogP contribution in [0, 0.1) is 5.92 Å². The predicted octanol–water partition coefficient (Wildman–Crippen LogP) is 7.54. The molecule has 0 aliphatic heterocycles. The highest BCUT2D eigenvalue weighted by molar-refractivity contribution is 5.70. The molecule has 0 saturated carbocycles. The van der Waals surface area contributed by atoms with Gasteiger partial charge in [0.25, 0.3) is 0 Å². The monoisotopic (exact) mass is 382 g/mol. The lowest BCUT2D eigenvalue weighted by Gasteiger charge is -2.20. The number of carboxylic acids is 1. The van der Waals surface area contributed by atoms with Gasteiger partial charge in [0.2, 0.25) is 0 Å². The summed E-state index contributed by atoms with van der Waals surface area (Å²) in [7, 11) is 0. The van der Waals surface area contributed by atoms with E-state index >= 15 is 0 Å². The molecule has 0 aliphatic rings. The minimum Gasteiger partial charge on any atom is -0.481 e.